The van der Waals surface area contributed by atoms with Crippen LogP contribution in [0.3, 0.4) is 0 Å². The maximum atomic E-state index is 12.5. The first-order valence-corrected chi connectivity index (χ1v) is 9.72. The van der Waals surface area contributed by atoms with Gasteiger partial charge in [0.15, 0.2) is 0 Å². The van der Waals surface area contributed by atoms with E-state index < -0.39 is 15.6 Å². The van der Waals surface area contributed by atoms with Crippen LogP contribution in [0, 0.1) is 6.92 Å². The molecule has 2 aromatic heterocycles. The van der Waals surface area contributed by atoms with Crippen molar-refractivity contribution in [2.75, 3.05) is 0 Å². The van der Waals surface area contributed by atoms with E-state index >= 15 is 0 Å². The lowest BCUT2D eigenvalue weighted by Crippen LogP contribution is -2.44. The van der Waals surface area contributed by atoms with Crippen molar-refractivity contribution in [2.24, 2.45) is 0 Å². The zero-order valence-corrected chi connectivity index (χ0v) is 15.0. The summed E-state index contributed by atoms with van der Waals surface area (Å²) in [5.74, 6) is 0. The summed E-state index contributed by atoms with van der Waals surface area (Å²) in [6, 6.07) is 11.5. The second kappa shape index (κ2) is 5.78. The summed E-state index contributed by atoms with van der Waals surface area (Å²) in [6.45, 7) is 5.72. The van der Waals surface area contributed by atoms with Crippen molar-refractivity contribution in [3.63, 3.8) is 0 Å². The van der Waals surface area contributed by atoms with Gasteiger partial charge in [0.1, 0.15) is 4.21 Å². The number of hydrogen-bond acceptors (Lipinski definition) is 3. The van der Waals surface area contributed by atoms with Crippen LogP contribution in [0.5, 0.6) is 0 Å². The SMILES string of the molecule is Cc1ccc(S(=O)(=O)NC(C)(C)Cc2c[nH]c3ccccc23)s1. The third kappa shape index (κ3) is 3.49. The number of benzene rings is 1. The van der Waals surface area contributed by atoms with Gasteiger partial charge in [-0.3, -0.25) is 0 Å². The van der Waals surface area contributed by atoms with E-state index in [4.69, 9.17) is 0 Å². The largest absolute Gasteiger partial charge is 0.361 e. The number of nitrogens with one attached hydrogen (secondary N) is 2. The molecule has 0 amide bonds. The van der Waals surface area contributed by atoms with E-state index in [1.807, 2.05) is 57.3 Å². The summed E-state index contributed by atoms with van der Waals surface area (Å²) in [5, 5.41) is 1.13. The molecule has 0 saturated heterocycles. The molecular weight excluding hydrogens is 328 g/mol. The van der Waals surface area contributed by atoms with Crippen LogP contribution >= 0.6 is 11.3 Å². The van der Waals surface area contributed by atoms with E-state index in [1.54, 1.807) is 6.07 Å². The van der Waals surface area contributed by atoms with E-state index in [9.17, 15) is 8.42 Å². The fourth-order valence-electron chi connectivity index (χ4n) is 2.76. The van der Waals surface area contributed by atoms with Crippen LogP contribution in [0.2, 0.25) is 0 Å². The molecule has 3 aromatic rings. The number of aryl methyl sites for hydroxylation is 1. The van der Waals surface area contributed by atoms with Gasteiger partial charge in [0.2, 0.25) is 0 Å². The number of H-pyrrole nitrogens is 1. The van der Waals surface area contributed by atoms with Crippen LogP contribution in [-0.4, -0.2) is 18.9 Å². The van der Waals surface area contributed by atoms with Gasteiger partial charge in [-0.2, -0.15) is 0 Å². The summed E-state index contributed by atoms with van der Waals surface area (Å²) in [7, 11) is -3.50. The van der Waals surface area contributed by atoms with Gasteiger partial charge in [-0.1, -0.05) is 18.2 Å². The van der Waals surface area contributed by atoms with E-state index in [0.29, 0.717) is 10.6 Å². The first-order valence-electron chi connectivity index (χ1n) is 7.42. The smallest absolute Gasteiger partial charge is 0.250 e. The Morgan fingerprint density at radius 2 is 1.91 bits per heavy atom. The normalized spacial score (nSPS) is 12.8. The zero-order valence-electron chi connectivity index (χ0n) is 13.4. The number of sulfonamides is 1. The first-order chi connectivity index (χ1) is 10.8. The van der Waals surface area contributed by atoms with Gasteiger partial charge in [0, 0.05) is 27.5 Å². The molecule has 3 rings (SSSR count). The molecule has 2 N–H and O–H groups in total. The van der Waals surface area contributed by atoms with Gasteiger partial charge in [-0.15, -0.1) is 11.3 Å². The van der Waals surface area contributed by atoms with Crippen molar-refractivity contribution in [2.45, 2.75) is 36.9 Å². The number of aromatic nitrogens is 1. The molecule has 0 fully saturated rings. The lowest BCUT2D eigenvalue weighted by atomic mass is 9.96. The molecule has 1 aromatic carbocycles. The Bertz CT molecular complexity index is 936. The topological polar surface area (TPSA) is 62.0 Å². The predicted octanol–water partition coefficient (Wildman–Crippen LogP) is 3.84. The van der Waals surface area contributed by atoms with Gasteiger partial charge in [-0.25, -0.2) is 13.1 Å². The molecule has 122 valence electrons. The highest BCUT2D eigenvalue weighted by Gasteiger charge is 2.28. The summed E-state index contributed by atoms with van der Waals surface area (Å²) in [5.41, 5.74) is 1.59. The highest BCUT2D eigenvalue weighted by Crippen LogP contribution is 2.25. The van der Waals surface area contributed by atoms with Crippen molar-refractivity contribution in [1.82, 2.24) is 9.71 Å². The fourth-order valence-corrected chi connectivity index (χ4v) is 5.46. The summed E-state index contributed by atoms with van der Waals surface area (Å²) in [4.78, 5) is 4.22. The molecule has 0 saturated carbocycles. The molecule has 23 heavy (non-hydrogen) atoms. The third-order valence-corrected chi connectivity index (χ3v) is 6.89. The van der Waals surface area contributed by atoms with Crippen molar-refractivity contribution in [1.29, 1.82) is 0 Å². The Kier molecular flexibility index (Phi) is 4.08. The van der Waals surface area contributed by atoms with Crippen molar-refractivity contribution >= 4 is 32.3 Å². The van der Waals surface area contributed by atoms with E-state index in [-0.39, 0.29) is 0 Å². The van der Waals surface area contributed by atoms with Gasteiger partial charge in [0.25, 0.3) is 10.0 Å². The van der Waals surface area contributed by atoms with E-state index in [2.05, 4.69) is 9.71 Å². The Hall–Kier alpha value is -1.63. The number of rotatable bonds is 5. The van der Waals surface area contributed by atoms with Crippen LogP contribution in [0.15, 0.2) is 46.8 Å². The van der Waals surface area contributed by atoms with E-state index in [1.165, 1.54) is 11.3 Å². The number of fused-ring (bicyclic) bond motifs is 1. The van der Waals surface area contributed by atoms with Gasteiger partial charge in [-0.05, 0) is 51.0 Å². The average molecular weight is 348 g/mol. The molecule has 0 spiro atoms. The maximum Gasteiger partial charge on any atom is 0.250 e. The Balaban J connectivity index is 1.84. The van der Waals surface area contributed by atoms with Crippen molar-refractivity contribution < 1.29 is 8.42 Å². The Labute approximate surface area is 140 Å². The molecule has 2 heterocycles. The molecule has 4 nitrogen and oxygen atoms in total. The molecule has 0 aliphatic rings. The van der Waals surface area contributed by atoms with Crippen LogP contribution in [0.25, 0.3) is 10.9 Å². The Morgan fingerprint density at radius 3 is 2.61 bits per heavy atom. The van der Waals surface area contributed by atoms with Crippen LogP contribution in [-0.2, 0) is 16.4 Å². The standard InChI is InChI=1S/C17H20N2O2S2/c1-12-8-9-16(22-12)23(20,21)19-17(2,3)10-13-11-18-15-7-5-4-6-14(13)15/h4-9,11,18-19H,10H2,1-3H3. The second-order valence-corrected chi connectivity index (χ2v) is 9.59. The van der Waals surface area contributed by atoms with E-state index in [0.717, 1.165) is 21.3 Å². The van der Waals surface area contributed by atoms with Crippen molar-refractivity contribution in [3.8, 4) is 0 Å². The molecule has 0 atom stereocenters. The lowest BCUT2D eigenvalue weighted by molar-refractivity contribution is 0.452. The predicted molar refractivity (Wildman–Crippen MR) is 95.5 cm³/mol. The van der Waals surface area contributed by atoms with Crippen LogP contribution < -0.4 is 4.72 Å². The van der Waals surface area contributed by atoms with Gasteiger partial charge in [0.05, 0.1) is 0 Å². The van der Waals surface area contributed by atoms with Crippen LogP contribution in [0.1, 0.15) is 24.3 Å². The first kappa shape index (κ1) is 16.2. The zero-order chi connectivity index (χ0) is 16.7. The maximum absolute atomic E-state index is 12.5. The number of thiophene rings is 1. The fraction of sp³-hybridized carbons (Fsp3) is 0.294. The summed E-state index contributed by atoms with van der Waals surface area (Å²) in [6.07, 6.45) is 2.57. The number of hydrogen-bond donors (Lipinski definition) is 2. The lowest BCUT2D eigenvalue weighted by Gasteiger charge is -2.25. The van der Waals surface area contributed by atoms with Gasteiger partial charge < -0.3 is 4.98 Å². The van der Waals surface area contributed by atoms with Crippen LogP contribution in [0.4, 0.5) is 0 Å². The van der Waals surface area contributed by atoms with Crippen molar-refractivity contribution in [3.05, 3.63) is 53.0 Å². The summed E-state index contributed by atoms with van der Waals surface area (Å²) < 4.78 is 28.3. The minimum atomic E-state index is -3.50. The molecule has 0 radical (unpaired) electrons. The minimum Gasteiger partial charge on any atom is -0.361 e. The van der Waals surface area contributed by atoms with Gasteiger partial charge >= 0.3 is 0 Å². The molecule has 0 bridgehead atoms. The minimum absolute atomic E-state index is 0.363. The molecule has 6 heteroatoms. The second-order valence-electron chi connectivity index (χ2n) is 6.39. The Morgan fingerprint density at radius 1 is 1.17 bits per heavy atom. The average Bonchev–Trinajstić information content (AvgIpc) is 3.05. The summed E-state index contributed by atoms with van der Waals surface area (Å²) >= 11 is 1.29. The monoisotopic (exact) mass is 348 g/mol. The molecule has 0 aliphatic carbocycles. The molecule has 0 aliphatic heterocycles. The highest BCUT2D eigenvalue weighted by molar-refractivity contribution is 7.91. The quantitative estimate of drug-likeness (QED) is 0.736. The number of para-hydroxylation sites is 1. The number of aromatic amines is 1. The highest BCUT2D eigenvalue weighted by atomic mass is 32.2. The third-order valence-electron chi connectivity index (χ3n) is 3.70. The molecular formula is C17H20N2O2S2. The molecule has 0 unspecified atom stereocenters.